The lowest BCUT2D eigenvalue weighted by Gasteiger charge is -1.90. The molecule has 0 atom stereocenters. The van der Waals surface area contributed by atoms with Gasteiger partial charge in [-0.3, -0.25) is 0 Å². The first-order valence-electron chi connectivity index (χ1n) is 6.83. The maximum atomic E-state index is 12.1. The molecule has 0 fully saturated rings. The van der Waals surface area contributed by atoms with Gasteiger partial charge < -0.3 is 0 Å². The van der Waals surface area contributed by atoms with E-state index in [2.05, 4.69) is 13.2 Å². The summed E-state index contributed by atoms with van der Waals surface area (Å²) in [6.07, 6.45) is 2.47. The summed E-state index contributed by atoms with van der Waals surface area (Å²) in [5, 5.41) is 0.840. The van der Waals surface area contributed by atoms with Gasteiger partial charge in [-0.25, -0.2) is 4.39 Å². The van der Waals surface area contributed by atoms with Crippen LogP contribution in [0.25, 0.3) is 0 Å². The first-order valence-corrected chi connectivity index (χ1v) is 7.21. The van der Waals surface area contributed by atoms with Crippen molar-refractivity contribution < 1.29 is 4.39 Å². The van der Waals surface area contributed by atoms with Gasteiger partial charge in [0.1, 0.15) is 5.83 Å². The number of halogens is 2. The molecule has 0 unspecified atom stereocenters. The molecular formula is C18H28ClF. The highest BCUT2D eigenvalue weighted by molar-refractivity contribution is 6.31. The van der Waals surface area contributed by atoms with Crippen LogP contribution in [0.2, 0.25) is 5.02 Å². The standard InChI is InChI=1S/C7H7Cl.C7H9F.2C2H6/c1-6-4-2-3-5-7(6)8;1-4-7(8)5-6(2)3;2*1-2/h2-5H,1H3;4-5H,1-2H2,3H3;2*1-2H3/b;7-5+;;. The molecule has 20 heavy (non-hydrogen) atoms. The van der Waals surface area contributed by atoms with Gasteiger partial charge in [-0.05, 0) is 37.6 Å². The van der Waals surface area contributed by atoms with Gasteiger partial charge in [0, 0.05) is 5.02 Å². The molecule has 0 amide bonds. The zero-order valence-corrected chi connectivity index (χ0v) is 14.4. The maximum absolute atomic E-state index is 12.1. The largest absolute Gasteiger partial charge is 0.207 e. The Kier molecular flexibility index (Phi) is 21.0. The van der Waals surface area contributed by atoms with Gasteiger partial charge in [-0.2, -0.15) is 0 Å². The van der Waals surface area contributed by atoms with E-state index in [0.717, 1.165) is 16.7 Å². The van der Waals surface area contributed by atoms with Crippen LogP contribution in [-0.2, 0) is 0 Å². The fourth-order valence-corrected chi connectivity index (χ4v) is 0.981. The van der Waals surface area contributed by atoms with Gasteiger partial charge in [0.2, 0.25) is 0 Å². The number of allylic oxidation sites excluding steroid dienone is 4. The Labute approximate surface area is 129 Å². The van der Waals surface area contributed by atoms with Crippen LogP contribution in [0, 0.1) is 6.92 Å². The molecule has 0 bridgehead atoms. The summed E-state index contributed by atoms with van der Waals surface area (Å²) in [5.41, 5.74) is 1.83. The van der Waals surface area contributed by atoms with Crippen LogP contribution in [-0.4, -0.2) is 0 Å². The second kappa shape index (κ2) is 17.7. The maximum Gasteiger partial charge on any atom is 0.122 e. The van der Waals surface area contributed by atoms with E-state index < -0.39 is 0 Å². The average Bonchev–Trinajstić information content (AvgIpc) is 2.46. The number of hydrogen-bond acceptors (Lipinski definition) is 0. The minimum Gasteiger partial charge on any atom is -0.207 e. The van der Waals surface area contributed by atoms with Crippen molar-refractivity contribution in [3.8, 4) is 0 Å². The van der Waals surface area contributed by atoms with Gasteiger partial charge in [0.25, 0.3) is 0 Å². The van der Waals surface area contributed by atoms with Crippen LogP contribution in [0.3, 0.4) is 0 Å². The molecule has 0 spiro atoms. The third kappa shape index (κ3) is 16.7. The second-order valence-electron chi connectivity index (χ2n) is 3.33. The molecule has 0 radical (unpaired) electrons. The lowest BCUT2D eigenvalue weighted by molar-refractivity contribution is 0.666. The van der Waals surface area contributed by atoms with Gasteiger partial charge in [-0.15, -0.1) is 0 Å². The fraction of sp³-hybridized carbons (Fsp3) is 0.333. The molecule has 0 aliphatic rings. The van der Waals surface area contributed by atoms with Crippen molar-refractivity contribution in [2.24, 2.45) is 0 Å². The highest BCUT2D eigenvalue weighted by atomic mass is 35.5. The Hall–Kier alpha value is -1.34. The zero-order valence-electron chi connectivity index (χ0n) is 13.6. The summed E-state index contributed by atoms with van der Waals surface area (Å²) in [7, 11) is 0. The molecule has 0 aliphatic carbocycles. The van der Waals surface area contributed by atoms with Crippen molar-refractivity contribution in [2.45, 2.75) is 41.5 Å². The smallest absolute Gasteiger partial charge is 0.122 e. The molecule has 0 heterocycles. The summed E-state index contributed by atoms with van der Waals surface area (Å²) >= 11 is 5.71. The van der Waals surface area contributed by atoms with E-state index in [-0.39, 0.29) is 5.83 Å². The highest BCUT2D eigenvalue weighted by Crippen LogP contribution is 2.11. The normalized spacial score (nSPS) is 8.70. The Morgan fingerprint density at radius 2 is 1.60 bits per heavy atom. The topological polar surface area (TPSA) is 0 Å². The van der Waals surface area contributed by atoms with E-state index in [1.165, 1.54) is 6.08 Å². The first-order chi connectivity index (χ1) is 9.47. The van der Waals surface area contributed by atoms with Crippen molar-refractivity contribution in [2.75, 3.05) is 0 Å². The van der Waals surface area contributed by atoms with Gasteiger partial charge >= 0.3 is 0 Å². The Balaban J connectivity index is -0.000000231. The third-order valence-electron chi connectivity index (χ3n) is 1.66. The zero-order chi connectivity index (χ0) is 16.6. The van der Waals surface area contributed by atoms with E-state index in [9.17, 15) is 4.39 Å². The average molecular weight is 299 g/mol. The molecule has 2 heteroatoms. The number of benzene rings is 1. The minimum absolute atomic E-state index is 0.336. The summed E-state index contributed by atoms with van der Waals surface area (Å²) in [6.45, 7) is 18.4. The van der Waals surface area contributed by atoms with E-state index in [1.54, 1.807) is 6.92 Å². The molecular weight excluding hydrogens is 271 g/mol. The van der Waals surface area contributed by atoms with Crippen molar-refractivity contribution in [3.63, 3.8) is 0 Å². The Bertz CT molecular complexity index is 371. The third-order valence-corrected chi connectivity index (χ3v) is 2.08. The predicted octanol–water partition coefficient (Wildman–Crippen LogP) is 7.30. The van der Waals surface area contributed by atoms with Gasteiger partial charge in [0.05, 0.1) is 0 Å². The molecule has 1 aromatic carbocycles. The van der Waals surface area contributed by atoms with E-state index >= 15 is 0 Å². The van der Waals surface area contributed by atoms with Crippen LogP contribution < -0.4 is 0 Å². The number of hydrogen-bond donors (Lipinski definition) is 0. The van der Waals surface area contributed by atoms with Gasteiger partial charge in [0.15, 0.2) is 0 Å². The molecule has 114 valence electrons. The monoisotopic (exact) mass is 298 g/mol. The van der Waals surface area contributed by atoms with Gasteiger partial charge in [-0.1, -0.05) is 76.2 Å². The van der Waals surface area contributed by atoms with Crippen molar-refractivity contribution in [1.29, 1.82) is 0 Å². The number of aryl methyl sites for hydroxylation is 1. The van der Waals surface area contributed by atoms with E-state index in [0.29, 0.717) is 5.57 Å². The molecule has 1 aromatic rings. The number of rotatable bonds is 2. The lowest BCUT2D eigenvalue weighted by atomic mass is 10.2. The highest BCUT2D eigenvalue weighted by Gasteiger charge is 1.86. The second-order valence-corrected chi connectivity index (χ2v) is 3.74. The van der Waals surface area contributed by atoms with Crippen molar-refractivity contribution >= 4 is 11.6 Å². The fourth-order valence-electron chi connectivity index (χ4n) is 0.845. The van der Waals surface area contributed by atoms with Crippen molar-refractivity contribution in [3.05, 3.63) is 71.6 Å². The molecule has 0 aliphatic heterocycles. The first kappa shape index (κ1) is 23.7. The van der Waals surface area contributed by atoms with Crippen LogP contribution in [0.15, 0.2) is 61.0 Å². The van der Waals surface area contributed by atoms with Crippen LogP contribution in [0.5, 0.6) is 0 Å². The molecule has 1 rings (SSSR count). The molecule has 0 nitrogen and oxygen atoms in total. The van der Waals surface area contributed by atoms with Crippen LogP contribution in [0.4, 0.5) is 4.39 Å². The van der Waals surface area contributed by atoms with E-state index in [4.69, 9.17) is 11.6 Å². The molecule has 0 aromatic heterocycles. The summed E-state index contributed by atoms with van der Waals surface area (Å²) in [6, 6.07) is 7.77. The van der Waals surface area contributed by atoms with Crippen LogP contribution >= 0.6 is 11.6 Å². The molecule has 0 N–H and O–H groups in total. The summed E-state index contributed by atoms with van der Waals surface area (Å²) in [5.74, 6) is -0.336. The summed E-state index contributed by atoms with van der Waals surface area (Å²) < 4.78 is 12.1. The summed E-state index contributed by atoms with van der Waals surface area (Å²) in [4.78, 5) is 0. The quantitative estimate of drug-likeness (QED) is 0.502. The molecule has 0 saturated heterocycles. The Morgan fingerprint density at radius 1 is 1.15 bits per heavy atom. The van der Waals surface area contributed by atoms with E-state index in [1.807, 2.05) is 58.9 Å². The van der Waals surface area contributed by atoms with Crippen molar-refractivity contribution in [1.82, 2.24) is 0 Å². The minimum atomic E-state index is -0.336. The lowest BCUT2D eigenvalue weighted by Crippen LogP contribution is -1.68. The molecule has 0 saturated carbocycles. The van der Waals surface area contributed by atoms with Crippen LogP contribution in [0.1, 0.15) is 40.2 Å². The Morgan fingerprint density at radius 3 is 1.80 bits per heavy atom. The SMILES string of the molecule is C=C/C(F)=C\C(=C)C.CC.CC.Cc1ccccc1Cl. The predicted molar refractivity (Wildman–Crippen MR) is 93.1 cm³/mol.